The minimum atomic E-state index is -1.09. The number of hydrogen-bond donors (Lipinski definition) is 4. The first-order valence-corrected chi connectivity index (χ1v) is 5.62. The standard InChI is InChI=1S/C12H14N2O4/c15-7-5-10(13-6-7)11(16)14-9-4-2-1-3-8(9)12(17)18/h1-4,7,10,13,15H,5-6H2,(H,14,16)(H,17,18)/t7-,10+/m1/s1. The zero-order valence-corrected chi connectivity index (χ0v) is 9.59. The van der Waals surface area contributed by atoms with Crippen molar-refractivity contribution in [1.29, 1.82) is 0 Å². The van der Waals surface area contributed by atoms with Crippen LogP contribution in [0.25, 0.3) is 0 Å². The average Bonchev–Trinajstić information content (AvgIpc) is 2.76. The maximum Gasteiger partial charge on any atom is 0.337 e. The van der Waals surface area contributed by atoms with E-state index in [9.17, 15) is 14.7 Å². The molecule has 1 aliphatic rings. The fourth-order valence-electron chi connectivity index (χ4n) is 1.92. The summed E-state index contributed by atoms with van der Waals surface area (Å²) in [4.78, 5) is 22.8. The summed E-state index contributed by atoms with van der Waals surface area (Å²) in [6, 6.07) is 5.72. The molecule has 1 heterocycles. The predicted molar refractivity (Wildman–Crippen MR) is 64.4 cm³/mol. The van der Waals surface area contributed by atoms with Gasteiger partial charge in [-0.3, -0.25) is 4.79 Å². The molecule has 0 bridgehead atoms. The van der Waals surface area contributed by atoms with Crippen LogP contribution in [0.2, 0.25) is 0 Å². The summed E-state index contributed by atoms with van der Waals surface area (Å²) in [5.74, 6) is -1.43. The van der Waals surface area contributed by atoms with Gasteiger partial charge in [0.15, 0.2) is 0 Å². The van der Waals surface area contributed by atoms with Crippen LogP contribution < -0.4 is 10.6 Å². The van der Waals surface area contributed by atoms with E-state index in [0.29, 0.717) is 13.0 Å². The number of anilines is 1. The first-order valence-electron chi connectivity index (χ1n) is 5.62. The lowest BCUT2D eigenvalue weighted by molar-refractivity contribution is -0.117. The second kappa shape index (κ2) is 5.16. The number of benzene rings is 1. The lowest BCUT2D eigenvalue weighted by Crippen LogP contribution is -2.35. The number of amides is 1. The summed E-state index contributed by atoms with van der Waals surface area (Å²) in [7, 11) is 0. The molecule has 1 fully saturated rings. The molecule has 1 aromatic rings. The van der Waals surface area contributed by atoms with E-state index in [1.807, 2.05) is 0 Å². The van der Waals surface area contributed by atoms with E-state index >= 15 is 0 Å². The molecule has 1 amide bonds. The zero-order chi connectivity index (χ0) is 13.1. The highest BCUT2D eigenvalue weighted by Gasteiger charge is 2.28. The van der Waals surface area contributed by atoms with Crippen molar-refractivity contribution in [3.8, 4) is 0 Å². The summed E-state index contributed by atoms with van der Waals surface area (Å²) in [5.41, 5.74) is 0.308. The first kappa shape index (κ1) is 12.5. The van der Waals surface area contributed by atoms with Gasteiger partial charge in [-0.15, -0.1) is 0 Å². The number of aromatic carboxylic acids is 1. The SMILES string of the molecule is O=C(O)c1ccccc1NC(=O)[C@@H]1C[C@@H](O)CN1. The minimum Gasteiger partial charge on any atom is -0.478 e. The number of aliphatic hydroxyl groups is 1. The van der Waals surface area contributed by atoms with E-state index in [0.717, 1.165) is 0 Å². The molecule has 0 aromatic heterocycles. The summed E-state index contributed by atoms with van der Waals surface area (Å²) in [6.07, 6.45) is -0.198. The number of β-amino-alcohol motifs (C(OH)–C–C–N with tert-alkyl or cyclic N) is 1. The van der Waals surface area contributed by atoms with E-state index in [1.54, 1.807) is 12.1 Å². The average molecular weight is 250 g/mol. The van der Waals surface area contributed by atoms with E-state index < -0.39 is 18.1 Å². The van der Waals surface area contributed by atoms with Gasteiger partial charge >= 0.3 is 5.97 Å². The van der Waals surface area contributed by atoms with Crippen molar-refractivity contribution >= 4 is 17.6 Å². The Balaban J connectivity index is 2.09. The predicted octanol–water partition coefficient (Wildman–Crippen LogP) is 0.0461. The minimum absolute atomic E-state index is 0.0457. The van der Waals surface area contributed by atoms with Crippen LogP contribution in [0.15, 0.2) is 24.3 Å². The molecule has 0 saturated carbocycles. The molecule has 0 aliphatic carbocycles. The van der Waals surface area contributed by atoms with Crippen LogP contribution in [0.3, 0.4) is 0 Å². The van der Waals surface area contributed by atoms with Crippen molar-refractivity contribution in [2.45, 2.75) is 18.6 Å². The Hall–Kier alpha value is -1.92. The van der Waals surface area contributed by atoms with Gasteiger partial charge in [0.2, 0.25) is 5.91 Å². The fourth-order valence-corrected chi connectivity index (χ4v) is 1.92. The number of para-hydroxylation sites is 1. The van der Waals surface area contributed by atoms with Gasteiger partial charge in [0, 0.05) is 6.54 Å². The van der Waals surface area contributed by atoms with Crippen LogP contribution in [-0.2, 0) is 4.79 Å². The Morgan fingerprint density at radius 2 is 2.06 bits per heavy atom. The van der Waals surface area contributed by atoms with Gasteiger partial charge in [-0.25, -0.2) is 4.79 Å². The van der Waals surface area contributed by atoms with Crippen molar-refractivity contribution in [2.24, 2.45) is 0 Å². The van der Waals surface area contributed by atoms with Gasteiger partial charge in [-0.1, -0.05) is 12.1 Å². The molecule has 6 nitrogen and oxygen atoms in total. The number of carbonyl (C=O) groups is 2. The molecule has 4 N–H and O–H groups in total. The number of hydrogen-bond acceptors (Lipinski definition) is 4. The van der Waals surface area contributed by atoms with Crippen molar-refractivity contribution in [3.05, 3.63) is 29.8 Å². The Kier molecular flexibility index (Phi) is 3.59. The number of rotatable bonds is 3. The number of carboxylic acid groups (broad SMARTS) is 1. The van der Waals surface area contributed by atoms with Crippen LogP contribution in [0.1, 0.15) is 16.8 Å². The number of carbonyl (C=O) groups excluding carboxylic acids is 1. The summed E-state index contributed by atoms with van der Waals surface area (Å²) in [6.45, 7) is 0.374. The summed E-state index contributed by atoms with van der Waals surface area (Å²) in [5, 5.41) is 23.7. The highest BCUT2D eigenvalue weighted by Crippen LogP contribution is 2.16. The molecule has 0 spiro atoms. The molecular formula is C12H14N2O4. The van der Waals surface area contributed by atoms with Gasteiger partial charge < -0.3 is 20.8 Å². The van der Waals surface area contributed by atoms with Gasteiger partial charge in [0.25, 0.3) is 0 Å². The van der Waals surface area contributed by atoms with Crippen LogP contribution in [0.4, 0.5) is 5.69 Å². The Bertz CT molecular complexity index is 475. The lowest BCUT2D eigenvalue weighted by atomic mass is 10.1. The Labute approximate surface area is 104 Å². The van der Waals surface area contributed by atoms with Crippen LogP contribution in [0.5, 0.6) is 0 Å². The topological polar surface area (TPSA) is 98.7 Å². The zero-order valence-electron chi connectivity index (χ0n) is 9.59. The van der Waals surface area contributed by atoms with Gasteiger partial charge in [-0.05, 0) is 18.6 Å². The smallest absolute Gasteiger partial charge is 0.337 e. The quantitative estimate of drug-likeness (QED) is 0.607. The number of nitrogens with one attached hydrogen (secondary N) is 2. The largest absolute Gasteiger partial charge is 0.478 e. The third-order valence-electron chi connectivity index (χ3n) is 2.84. The summed E-state index contributed by atoms with van der Waals surface area (Å²) < 4.78 is 0. The number of aliphatic hydroxyl groups excluding tert-OH is 1. The third-order valence-corrected chi connectivity index (χ3v) is 2.84. The molecule has 6 heteroatoms. The van der Waals surface area contributed by atoms with Crippen molar-refractivity contribution in [1.82, 2.24) is 5.32 Å². The van der Waals surface area contributed by atoms with E-state index in [-0.39, 0.29) is 17.2 Å². The maximum absolute atomic E-state index is 11.9. The highest BCUT2D eigenvalue weighted by atomic mass is 16.4. The third kappa shape index (κ3) is 2.66. The van der Waals surface area contributed by atoms with Crippen LogP contribution in [-0.4, -0.2) is 40.8 Å². The van der Waals surface area contributed by atoms with E-state index in [1.165, 1.54) is 12.1 Å². The lowest BCUT2D eigenvalue weighted by Gasteiger charge is -2.12. The van der Waals surface area contributed by atoms with Crippen molar-refractivity contribution in [3.63, 3.8) is 0 Å². The van der Waals surface area contributed by atoms with E-state index in [2.05, 4.69) is 10.6 Å². The Morgan fingerprint density at radius 1 is 1.33 bits per heavy atom. The van der Waals surface area contributed by atoms with Crippen LogP contribution in [0, 0.1) is 0 Å². The summed E-state index contributed by atoms with van der Waals surface area (Å²) >= 11 is 0. The van der Waals surface area contributed by atoms with Crippen LogP contribution >= 0.6 is 0 Å². The molecule has 18 heavy (non-hydrogen) atoms. The normalized spacial score (nSPS) is 22.7. The molecular weight excluding hydrogens is 236 g/mol. The van der Waals surface area contributed by atoms with Gasteiger partial charge in [-0.2, -0.15) is 0 Å². The molecule has 0 unspecified atom stereocenters. The second-order valence-corrected chi connectivity index (χ2v) is 4.19. The van der Waals surface area contributed by atoms with Crippen molar-refractivity contribution < 1.29 is 19.8 Å². The monoisotopic (exact) mass is 250 g/mol. The van der Waals surface area contributed by atoms with Gasteiger partial charge in [0.05, 0.1) is 23.4 Å². The molecule has 2 atom stereocenters. The molecule has 96 valence electrons. The number of carboxylic acids is 1. The molecule has 2 rings (SSSR count). The molecule has 0 radical (unpaired) electrons. The highest BCUT2D eigenvalue weighted by molar-refractivity contribution is 6.02. The first-order chi connectivity index (χ1) is 8.58. The Morgan fingerprint density at radius 3 is 2.67 bits per heavy atom. The molecule has 1 aromatic carbocycles. The second-order valence-electron chi connectivity index (χ2n) is 4.19. The van der Waals surface area contributed by atoms with Gasteiger partial charge in [0.1, 0.15) is 0 Å². The molecule has 1 saturated heterocycles. The molecule has 1 aliphatic heterocycles. The van der Waals surface area contributed by atoms with Crippen molar-refractivity contribution in [2.75, 3.05) is 11.9 Å². The maximum atomic E-state index is 11.9. The van der Waals surface area contributed by atoms with E-state index in [4.69, 9.17) is 5.11 Å². The fraction of sp³-hybridized carbons (Fsp3) is 0.333.